The third-order valence-electron chi connectivity index (χ3n) is 3.82. The Hall–Kier alpha value is -3.39. The number of carbonyl (C=O) groups is 2. The third kappa shape index (κ3) is 5.55. The van der Waals surface area contributed by atoms with E-state index in [-0.39, 0.29) is 18.5 Å². The predicted octanol–water partition coefficient (Wildman–Crippen LogP) is 3.57. The number of ether oxygens (including phenoxy) is 2. The molecule has 1 aromatic heterocycles. The van der Waals surface area contributed by atoms with E-state index in [2.05, 4.69) is 15.5 Å². The number of aromatic nitrogens is 2. The monoisotopic (exact) mass is 415 g/mol. The summed E-state index contributed by atoms with van der Waals surface area (Å²) >= 11 is 5.96. The van der Waals surface area contributed by atoms with Crippen molar-refractivity contribution in [3.8, 4) is 17.2 Å². The lowest BCUT2D eigenvalue weighted by atomic mass is 10.1. The van der Waals surface area contributed by atoms with Gasteiger partial charge in [0.05, 0.1) is 0 Å². The number of aryl methyl sites for hydroxylation is 2. The normalized spacial score (nSPS) is 10.4. The van der Waals surface area contributed by atoms with Crippen LogP contribution in [0.5, 0.6) is 5.75 Å². The van der Waals surface area contributed by atoms with Crippen LogP contribution in [0.3, 0.4) is 0 Å². The smallest absolute Gasteiger partial charge is 0.344 e. The van der Waals surface area contributed by atoms with Crippen molar-refractivity contribution in [3.63, 3.8) is 0 Å². The van der Waals surface area contributed by atoms with E-state index in [9.17, 15) is 9.59 Å². The van der Waals surface area contributed by atoms with E-state index >= 15 is 0 Å². The molecule has 1 heterocycles. The minimum atomic E-state index is -0.690. The molecule has 0 bridgehead atoms. The summed E-state index contributed by atoms with van der Waals surface area (Å²) in [5.74, 6) is -0.486. The fourth-order valence-corrected chi connectivity index (χ4v) is 2.90. The van der Waals surface area contributed by atoms with Crippen molar-refractivity contribution >= 4 is 29.5 Å². The van der Waals surface area contributed by atoms with Crippen LogP contribution in [-0.4, -0.2) is 35.3 Å². The van der Waals surface area contributed by atoms with Crippen LogP contribution >= 0.6 is 11.6 Å². The molecule has 0 saturated carbocycles. The van der Waals surface area contributed by atoms with Crippen LogP contribution in [0.15, 0.2) is 46.9 Å². The maximum absolute atomic E-state index is 11.9. The van der Waals surface area contributed by atoms with Gasteiger partial charge in [0.25, 0.3) is 5.91 Å². The highest BCUT2D eigenvalue weighted by Crippen LogP contribution is 2.27. The molecule has 0 aliphatic carbocycles. The number of halogens is 1. The number of hydrogen-bond acceptors (Lipinski definition) is 7. The molecule has 0 spiro atoms. The number of amides is 1. The second-order valence-electron chi connectivity index (χ2n) is 6.14. The molecule has 9 heteroatoms. The van der Waals surface area contributed by atoms with Gasteiger partial charge in [-0.1, -0.05) is 34.9 Å². The Morgan fingerprint density at radius 1 is 1.07 bits per heavy atom. The van der Waals surface area contributed by atoms with E-state index in [1.165, 1.54) is 0 Å². The number of anilines is 1. The minimum Gasteiger partial charge on any atom is -0.481 e. The summed E-state index contributed by atoms with van der Waals surface area (Å²) in [6.45, 7) is 2.79. The number of rotatable bonds is 7. The summed E-state index contributed by atoms with van der Waals surface area (Å²) in [5.41, 5.74) is 2.31. The highest BCUT2D eigenvalue weighted by molar-refractivity contribution is 6.30. The molecule has 0 saturated heterocycles. The highest BCUT2D eigenvalue weighted by atomic mass is 35.5. The van der Waals surface area contributed by atoms with E-state index in [4.69, 9.17) is 25.5 Å². The van der Waals surface area contributed by atoms with Gasteiger partial charge in [-0.15, -0.1) is 5.10 Å². The largest absolute Gasteiger partial charge is 0.481 e. The Labute approximate surface area is 171 Å². The first-order valence-electron chi connectivity index (χ1n) is 8.66. The predicted molar refractivity (Wildman–Crippen MR) is 106 cm³/mol. The van der Waals surface area contributed by atoms with E-state index in [1.807, 2.05) is 32.0 Å². The van der Waals surface area contributed by atoms with Gasteiger partial charge in [0.15, 0.2) is 13.2 Å². The Kier molecular flexibility index (Phi) is 6.46. The van der Waals surface area contributed by atoms with E-state index in [0.29, 0.717) is 10.8 Å². The minimum absolute atomic E-state index is 0.0893. The quantitative estimate of drug-likeness (QED) is 0.588. The van der Waals surface area contributed by atoms with Crippen LogP contribution in [0.4, 0.5) is 6.01 Å². The molecule has 1 N–H and O–H groups in total. The third-order valence-corrected chi connectivity index (χ3v) is 4.03. The fourth-order valence-electron chi connectivity index (χ4n) is 2.57. The first-order chi connectivity index (χ1) is 13.9. The number of esters is 1. The van der Waals surface area contributed by atoms with Crippen LogP contribution in [0.25, 0.3) is 11.5 Å². The van der Waals surface area contributed by atoms with Crippen molar-refractivity contribution in [2.45, 2.75) is 13.8 Å². The lowest BCUT2D eigenvalue weighted by Crippen LogP contribution is -2.24. The van der Waals surface area contributed by atoms with Crippen molar-refractivity contribution in [2.24, 2.45) is 0 Å². The highest BCUT2D eigenvalue weighted by Gasteiger charge is 2.14. The molecule has 29 heavy (non-hydrogen) atoms. The van der Waals surface area contributed by atoms with E-state index in [0.717, 1.165) is 16.7 Å². The summed E-state index contributed by atoms with van der Waals surface area (Å²) < 4.78 is 15.7. The average Bonchev–Trinajstić information content (AvgIpc) is 3.14. The molecule has 0 unspecified atom stereocenters. The molecule has 0 fully saturated rings. The maximum Gasteiger partial charge on any atom is 0.344 e. The van der Waals surface area contributed by atoms with Gasteiger partial charge in [-0.05, 0) is 49.2 Å². The van der Waals surface area contributed by atoms with Gasteiger partial charge in [0, 0.05) is 10.6 Å². The standard InChI is InChI=1S/C20H18ClN3O5/c1-12-8-15(21)9-13(2)18(12)28-11-17(26)27-10-16(25)22-20-24-23-19(29-20)14-6-4-3-5-7-14/h3-9H,10-11H2,1-2H3,(H,22,24,25). The Balaban J connectivity index is 1.46. The van der Waals surface area contributed by atoms with Gasteiger partial charge in [-0.2, -0.15) is 0 Å². The van der Waals surface area contributed by atoms with Gasteiger partial charge in [0.2, 0.25) is 5.89 Å². The molecule has 150 valence electrons. The molecule has 2 aromatic carbocycles. The lowest BCUT2D eigenvalue weighted by Gasteiger charge is -2.12. The number of carbonyl (C=O) groups excluding carboxylic acids is 2. The van der Waals surface area contributed by atoms with Crippen molar-refractivity contribution in [1.82, 2.24) is 10.2 Å². The van der Waals surface area contributed by atoms with Crippen molar-refractivity contribution in [1.29, 1.82) is 0 Å². The molecule has 0 aliphatic rings. The summed E-state index contributed by atoms with van der Waals surface area (Å²) in [7, 11) is 0. The van der Waals surface area contributed by atoms with Gasteiger partial charge in [-0.25, -0.2) is 4.79 Å². The summed E-state index contributed by atoms with van der Waals surface area (Å²) in [6, 6.07) is 12.5. The van der Waals surface area contributed by atoms with E-state index in [1.54, 1.807) is 24.3 Å². The summed E-state index contributed by atoms with van der Waals surface area (Å²) in [6.07, 6.45) is 0. The molecule has 0 radical (unpaired) electrons. The molecule has 3 aromatic rings. The molecule has 0 aliphatic heterocycles. The van der Waals surface area contributed by atoms with Gasteiger partial charge < -0.3 is 13.9 Å². The van der Waals surface area contributed by atoms with Crippen LogP contribution in [0.2, 0.25) is 5.02 Å². The molecular formula is C20H18ClN3O5. The van der Waals surface area contributed by atoms with Crippen molar-refractivity contribution in [3.05, 3.63) is 58.6 Å². The summed E-state index contributed by atoms with van der Waals surface area (Å²) in [4.78, 5) is 23.8. The second kappa shape index (κ2) is 9.20. The van der Waals surface area contributed by atoms with Gasteiger partial charge in [0.1, 0.15) is 5.75 Å². The Morgan fingerprint density at radius 3 is 2.45 bits per heavy atom. The number of hydrogen-bond donors (Lipinski definition) is 1. The number of nitrogens with one attached hydrogen (secondary N) is 1. The van der Waals surface area contributed by atoms with Crippen LogP contribution in [0, 0.1) is 13.8 Å². The average molecular weight is 416 g/mol. The summed E-state index contributed by atoms with van der Waals surface area (Å²) in [5, 5.41) is 10.5. The van der Waals surface area contributed by atoms with Crippen molar-refractivity contribution in [2.75, 3.05) is 18.5 Å². The molecule has 3 rings (SSSR count). The SMILES string of the molecule is Cc1cc(Cl)cc(C)c1OCC(=O)OCC(=O)Nc1nnc(-c2ccccc2)o1. The Morgan fingerprint density at radius 2 is 1.76 bits per heavy atom. The first-order valence-corrected chi connectivity index (χ1v) is 9.04. The zero-order valence-corrected chi connectivity index (χ0v) is 16.5. The van der Waals surface area contributed by atoms with Crippen LogP contribution in [0.1, 0.15) is 11.1 Å². The fraction of sp³-hybridized carbons (Fsp3) is 0.200. The van der Waals surface area contributed by atoms with Gasteiger partial charge in [-0.3, -0.25) is 10.1 Å². The lowest BCUT2D eigenvalue weighted by molar-refractivity contribution is -0.149. The zero-order valence-electron chi connectivity index (χ0n) is 15.8. The topological polar surface area (TPSA) is 104 Å². The van der Waals surface area contributed by atoms with E-state index < -0.39 is 18.5 Å². The molecule has 8 nitrogen and oxygen atoms in total. The van der Waals surface area contributed by atoms with Crippen LogP contribution < -0.4 is 10.1 Å². The van der Waals surface area contributed by atoms with Gasteiger partial charge >= 0.3 is 12.0 Å². The number of benzene rings is 2. The molecule has 1 amide bonds. The maximum atomic E-state index is 11.9. The van der Waals surface area contributed by atoms with Crippen molar-refractivity contribution < 1.29 is 23.5 Å². The first kappa shape index (κ1) is 20.3. The Bertz CT molecular complexity index is 997. The molecule has 0 atom stereocenters. The van der Waals surface area contributed by atoms with Crippen LogP contribution in [-0.2, 0) is 14.3 Å². The number of nitrogens with zero attached hydrogens (tertiary/aromatic N) is 2. The zero-order chi connectivity index (χ0) is 20.8. The molecular weight excluding hydrogens is 398 g/mol. The second-order valence-corrected chi connectivity index (χ2v) is 6.58.